The van der Waals surface area contributed by atoms with Crippen LogP contribution in [0.25, 0.3) is 0 Å². The lowest BCUT2D eigenvalue weighted by atomic mass is 10.0. The number of carbonyl (C=O) groups excluding carboxylic acids is 1. The molecule has 0 heterocycles. The van der Waals surface area contributed by atoms with E-state index in [0.29, 0.717) is 5.41 Å². The zero-order valence-electron chi connectivity index (χ0n) is 14.1. The Labute approximate surface area is 144 Å². The minimum atomic E-state index is -2.67. The van der Waals surface area contributed by atoms with E-state index in [9.17, 15) is 13.2 Å². The first-order chi connectivity index (χ1) is 7.46. The molecule has 4 nitrogen and oxygen atoms in total. The minimum Gasteiger partial charge on any atom is -0.312 e. The molecule has 5 heteroatoms. The fourth-order valence-electron chi connectivity index (χ4n) is 0. The maximum Gasteiger partial charge on any atom is 0.144 e. The molecular weight excluding hydrogens is 298 g/mol. The van der Waals surface area contributed by atoms with Gasteiger partial charge in [0.2, 0.25) is 0 Å². The number of carbonyl (C=O) groups is 1. The predicted octanol–water partition coefficient (Wildman–Crippen LogP) is 5.03. The lowest BCUT2D eigenvalue weighted by Crippen LogP contribution is -1.99. The second-order valence-electron chi connectivity index (χ2n) is 6.39. The van der Waals surface area contributed by atoms with Gasteiger partial charge in [-0.1, -0.05) is 57.4 Å². The van der Waals surface area contributed by atoms with Crippen LogP contribution in [0.1, 0.15) is 71.2 Å². The molecular formula is C17H49NO3S. The average Bonchev–Trinajstić information content (AvgIpc) is 1.70. The second kappa shape index (κ2) is 25.5. The van der Waals surface area contributed by atoms with Crippen molar-refractivity contribution < 1.29 is 13.2 Å². The van der Waals surface area contributed by atoms with Gasteiger partial charge in [0.05, 0.1) is 0 Å². The Hall–Kier alpha value is -0.420. The molecule has 0 aromatic carbocycles. The number of rotatable bonds is 0. The molecule has 0 atom stereocenters. The van der Waals surface area contributed by atoms with E-state index in [0.717, 1.165) is 12.5 Å². The zero-order chi connectivity index (χ0) is 16.2. The van der Waals surface area contributed by atoms with Gasteiger partial charge in [-0.2, -0.15) is 0 Å². The number of hydrogen-bond acceptors (Lipinski definition) is 4. The van der Waals surface area contributed by atoms with Crippen LogP contribution in [0.3, 0.4) is 0 Å². The molecule has 0 aliphatic carbocycles. The van der Waals surface area contributed by atoms with Gasteiger partial charge < -0.3 is 9.69 Å². The van der Waals surface area contributed by atoms with E-state index in [1.165, 1.54) is 13.8 Å². The van der Waals surface area contributed by atoms with Crippen molar-refractivity contribution in [3.05, 3.63) is 0 Å². The molecule has 0 rings (SSSR count). The highest BCUT2D eigenvalue weighted by atomic mass is 32.2. The smallest absolute Gasteiger partial charge is 0.144 e. The topological polar surface area (TPSA) is 54.5 Å². The van der Waals surface area contributed by atoms with Crippen molar-refractivity contribution in [2.24, 2.45) is 5.41 Å². The molecule has 0 radical (unpaired) electrons. The van der Waals surface area contributed by atoms with Crippen molar-refractivity contribution in [3.8, 4) is 0 Å². The maximum atomic E-state index is 9.63. The number of hydrogen-bond donors (Lipinski definition) is 0. The minimum absolute atomic E-state index is 0. The van der Waals surface area contributed by atoms with Gasteiger partial charge in [-0.25, -0.2) is 8.42 Å². The van der Waals surface area contributed by atoms with Gasteiger partial charge >= 0.3 is 0 Å². The third-order valence-corrected chi connectivity index (χ3v) is 0. The summed E-state index contributed by atoms with van der Waals surface area (Å²) in [4.78, 5) is 11.4. The Morgan fingerprint density at radius 3 is 0.773 bits per heavy atom. The number of ketones is 1. The first-order valence-electron chi connectivity index (χ1n) is 5.70. The molecule has 0 fully saturated rings. The summed E-state index contributed by atoms with van der Waals surface area (Å²) in [6.07, 6.45) is 2.32. The normalized spacial score (nSPS) is 8.18. The van der Waals surface area contributed by atoms with Crippen LogP contribution in [0.15, 0.2) is 0 Å². The Balaban J connectivity index is -0.0000000188. The van der Waals surface area contributed by atoms with Crippen LogP contribution in [0.5, 0.6) is 0 Å². The molecule has 0 aromatic rings. The Kier molecular flexibility index (Phi) is 57.5. The molecule has 0 N–H and O–H groups in total. The van der Waals surface area contributed by atoms with Crippen LogP contribution in [0, 0.1) is 5.41 Å². The van der Waals surface area contributed by atoms with Gasteiger partial charge in [-0.15, -0.1) is 0 Å². The summed E-state index contributed by atoms with van der Waals surface area (Å²) in [5, 5.41) is 0. The quantitative estimate of drug-likeness (QED) is 0.616. The molecule has 0 saturated heterocycles. The number of nitrogens with zero attached hydrogens (tertiary/aromatic N) is 1. The van der Waals surface area contributed by atoms with E-state index < -0.39 is 9.84 Å². The van der Waals surface area contributed by atoms with E-state index in [1.807, 2.05) is 26.0 Å². The molecule has 0 spiro atoms. The Bertz CT molecular complexity index is 256. The van der Waals surface area contributed by atoms with Crippen LogP contribution in [0.4, 0.5) is 0 Å². The summed E-state index contributed by atoms with van der Waals surface area (Å²) >= 11 is 0. The molecule has 0 amide bonds. The molecule has 0 aliphatic rings. The van der Waals surface area contributed by atoms with E-state index >= 15 is 0 Å². The molecule has 0 bridgehead atoms. The SMILES string of the molecule is C.C.C.C.CC(C)(C)C.CC(C)=O.CN(C)C.CS(C)(=O)=O. The van der Waals surface area contributed by atoms with Gasteiger partial charge in [0.25, 0.3) is 0 Å². The molecule has 146 valence electrons. The average molecular weight is 348 g/mol. The first-order valence-corrected chi connectivity index (χ1v) is 8.00. The van der Waals surface area contributed by atoms with E-state index in [4.69, 9.17) is 0 Å². The highest BCUT2D eigenvalue weighted by Gasteiger charge is 1.95. The second-order valence-corrected chi connectivity index (χ2v) is 8.68. The fraction of sp³-hybridized carbons (Fsp3) is 0.941. The summed E-state index contributed by atoms with van der Waals surface area (Å²) in [5.74, 6) is 0.167. The van der Waals surface area contributed by atoms with E-state index in [-0.39, 0.29) is 35.5 Å². The third-order valence-electron chi connectivity index (χ3n) is 0. The lowest BCUT2D eigenvalue weighted by molar-refractivity contribution is -0.114. The largest absolute Gasteiger partial charge is 0.312 e. The van der Waals surface area contributed by atoms with Crippen molar-refractivity contribution in [1.29, 1.82) is 0 Å². The van der Waals surface area contributed by atoms with Crippen molar-refractivity contribution in [2.45, 2.75) is 71.2 Å². The van der Waals surface area contributed by atoms with Crippen LogP contribution < -0.4 is 0 Å². The van der Waals surface area contributed by atoms with Crippen molar-refractivity contribution in [1.82, 2.24) is 4.90 Å². The van der Waals surface area contributed by atoms with Crippen LogP contribution in [-0.4, -0.2) is 52.8 Å². The Morgan fingerprint density at radius 1 is 0.773 bits per heavy atom. The van der Waals surface area contributed by atoms with Gasteiger partial charge in [0, 0.05) is 12.5 Å². The van der Waals surface area contributed by atoms with Crippen molar-refractivity contribution >= 4 is 15.6 Å². The molecule has 0 aliphatic heterocycles. The van der Waals surface area contributed by atoms with E-state index in [2.05, 4.69) is 27.7 Å². The summed E-state index contributed by atoms with van der Waals surface area (Å²) in [6, 6.07) is 0. The standard InChI is InChI=1S/C5H12.C3H9N.C3H6O.C2H6O2S.4CH4/c1-5(2,3)4;1-4(2)3;1-3(2)4;1-5(2,3)4;;;;/h1-4H3;1-3H3;1-2H3;1-2H3;4*1H4. The number of sulfone groups is 1. The summed E-state index contributed by atoms with van der Waals surface area (Å²) in [7, 11) is 3.33. The fourth-order valence-corrected chi connectivity index (χ4v) is 0. The van der Waals surface area contributed by atoms with Crippen LogP contribution in [-0.2, 0) is 14.6 Å². The highest BCUT2D eigenvalue weighted by Crippen LogP contribution is 2.08. The predicted molar refractivity (Wildman–Crippen MR) is 109 cm³/mol. The molecule has 0 aromatic heterocycles. The summed E-state index contributed by atoms with van der Waals surface area (Å²) in [6.45, 7) is 11.8. The monoisotopic (exact) mass is 347 g/mol. The molecule has 0 unspecified atom stereocenters. The lowest BCUT2D eigenvalue weighted by Gasteiger charge is -2.05. The molecule has 22 heavy (non-hydrogen) atoms. The van der Waals surface area contributed by atoms with E-state index in [1.54, 1.807) is 0 Å². The first kappa shape index (κ1) is 49.6. The summed E-state index contributed by atoms with van der Waals surface area (Å²) in [5.41, 5.74) is 0.500. The van der Waals surface area contributed by atoms with Crippen LogP contribution >= 0.6 is 0 Å². The zero-order valence-corrected chi connectivity index (χ0v) is 14.9. The Morgan fingerprint density at radius 2 is 0.773 bits per heavy atom. The van der Waals surface area contributed by atoms with Gasteiger partial charge in [-0.3, -0.25) is 0 Å². The van der Waals surface area contributed by atoms with Gasteiger partial charge in [-0.05, 0) is 40.4 Å². The highest BCUT2D eigenvalue weighted by molar-refractivity contribution is 7.89. The number of Topliss-reactive ketones (excluding diaryl/α,β-unsaturated/α-hetero) is 1. The summed E-state index contributed by atoms with van der Waals surface area (Å²) < 4.78 is 19.3. The van der Waals surface area contributed by atoms with Crippen molar-refractivity contribution in [2.75, 3.05) is 33.7 Å². The maximum absolute atomic E-state index is 9.63. The molecule has 0 saturated carbocycles. The van der Waals surface area contributed by atoms with Gasteiger partial charge in [0.15, 0.2) is 0 Å². The van der Waals surface area contributed by atoms with Crippen LogP contribution in [0.2, 0.25) is 0 Å². The third kappa shape index (κ3) is 38300. The van der Waals surface area contributed by atoms with Crippen molar-refractivity contribution in [3.63, 3.8) is 0 Å². The van der Waals surface area contributed by atoms with Gasteiger partial charge in [0.1, 0.15) is 15.6 Å².